The molecule has 0 spiro atoms. The third kappa shape index (κ3) is 8.68. The Bertz CT molecular complexity index is 1010. The zero-order chi connectivity index (χ0) is 29.4. The minimum Gasteiger partial charge on any atom is -0.478 e. The summed E-state index contributed by atoms with van der Waals surface area (Å²) in [5, 5.41) is 18.0. The van der Waals surface area contributed by atoms with Crippen molar-refractivity contribution in [2.75, 3.05) is 20.6 Å². The van der Waals surface area contributed by atoms with Crippen molar-refractivity contribution in [3.63, 3.8) is 0 Å². The van der Waals surface area contributed by atoms with Crippen LogP contribution in [0.2, 0.25) is 0 Å². The highest BCUT2D eigenvalue weighted by Crippen LogP contribution is 2.29. The Balaban J connectivity index is 3.42. The van der Waals surface area contributed by atoms with E-state index in [1.54, 1.807) is 13.1 Å². The number of benzene rings is 1. The average molecular weight is 531 g/mol. The van der Waals surface area contributed by atoms with Gasteiger partial charge in [-0.2, -0.15) is 0 Å². The number of hydrogen-bond donors (Lipinski definition) is 4. The fourth-order valence-electron chi connectivity index (χ4n) is 4.30. The van der Waals surface area contributed by atoms with Crippen LogP contribution in [-0.2, 0) is 24.6 Å². The zero-order valence-corrected chi connectivity index (χ0v) is 24.5. The lowest BCUT2D eigenvalue weighted by Gasteiger charge is -2.40. The Morgan fingerprint density at radius 2 is 1.55 bits per heavy atom. The van der Waals surface area contributed by atoms with Gasteiger partial charge in [-0.1, -0.05) is 84.9 Å². The molecule has 0 bridgehead atoms. The summed E-state index contributed by atoms with van der Waals surface area (Å²) in [4.78, 5) is 52.7. The lowest BCUT2D eigenvalue weighted by molar-refractivity contribution is -0.141. The summed E-state index contributed by atoms with van der Waals surface area (Å²) in [5.74, 6) is -2.13. The first-order chi connectivity index (χ1) is 17.4. The summed E-state index contributed by atoms with van der Waals surface area (Å²) >= 11 is 0. The van der Waals surface area contributed by atoms with Gasteiger partial charge in [-0.15, -0.1) is 0 Å². The molecule has 0 saturated heterocycles. The number of likely N-dealkylation sites (N-methyl/N-ethyl adjacent to an activating group) is 2. The molecule has 3 amide bonds. The van der Waals surface area contributed by atoms with Crippen LogP contribution in [0.25, 0.3) is 0 Å². The van der Waals surface area contributed by atoms with Gasteiger partial charge in [0.2, 0.25) is 17.7 Å². The van der Waals surface area contributed by atoms with Crippen molar-refractivity contribution in [1.82, 2.24) is 20.9 Å². The number of rotatable bonds is 12. The van der Waals surface area contributed by atoms with Gasteiger partial charge in [-0.05, 0) is 23.8 Å². The molecule has 0 fully saturated rings. The number of hydrogen-bond acceptors (Lipinski definition) is 5. The van der Waals surface area contributed by atoms with Crippen LogP contribution in [-0.4, -0.2) is 72.5 Å². The summed E-state index contributed by atoms with van der Waals surface area (Å²) in [6, 6.07) is 7.29. The third-order valence-corrected chi connectivity index (χ3v) is 6.88. The van der Waals surface area contributed by atoms with Crippen LogP contribution in [0, 0.1) is 11.3 Å². The average Bonchev–Trinajstić information content (AvgIpc) is 2.84. The number of amides is 3. The van der Waals surface area contributed by atoms with Gasteiger partial charge in [0.25, 0.3) is 0 Å². The largest absolute Gasteiger partial charge is 0.478 e. The molecule has 9 nitrogen and oxygen atoms in total. The fourth-order valence-corrected chi connectivity index (χ4v) is 4.30. The first-order valence-corrected chi connectivity index (χ1v) is 12.9. The second-order valence-corrected chi connectivity index (χ2v) is 11.7. The topological polar surface area (TPSA) is 128 Å². The van der Waals surface area contributed by atoms with E-state index in [-0.39, 0.29) is 29.9 Å². The lowest BCUT2D eigenvalue weighted by atomic mass is 9.76. The van der Waals surface area contributed by atoms with Gasteiger partial charge in [-0.25, -0.2) is 4.79 Å². The Labute approximate surface area is 227 Å². The highest BCUT2D eigenvalue weighted by molar-refractivity contribution is 5.92. The van der Waals surface area contributed by atoms with Crippen LogP contribution in [0.15, 0.2) is 42.0 Å². The van der Waals surface area contributed by atoms with Gasteiger partial charge < -0.3 is 20.6 Å². The van der Waals surface area contributed by atoms with Gasteiger partial charge in [0.1, 0.15) is 6.04 Å². The molecule has 0 saturated carbocycles. The third-order valence-electron chi connectivity index (χ3n) is 6.88. The van der Waals surface area contributed by atoms with E-state index < -0.39 is 40.8 Å². The first kappa shape index (κ1) is 32.8. The van der Waals surface area contributed by atoms with E-state index >= 15 is 0 Å². The molecule has 4 N–H and O–H groups in total. The van der Waals surface area contributed by atoms with Crippen LogP contribution >= 0.6 is 0 Å². The van der Waals surface area contributed by atoms with Gasteiger partial charge in [0.15, 0.2) is 0 Å². The summed E-state index contributed by atoms with van der Waals surface area (Å²) in [5.41, 5.74) is -0.341. The second kappa shape index (κ2) is 13.6. The number of nitrogens with one attached hydrogen (secondary N) is 3. The molecule has 0 aliphatic rings. The Kier molecular flexibility index (Phi) is 11.7. The molecule has 1 rings (SSSR count). The second-order valence-electron chi connectivity index (χ2n) is 11.7. The minimum atomic E-state index is -1.05. The van der Waals surface area contributed by atoms with Crippen molar-refractivity contribution in [1.29, 1.82) is 0 Å². The normalized spacial score (nSPS) is 14.9. The van der Waals surface area contributed by atoms with E-state index in [4.69, 9.17) is 0 Å². The maximum absolute atomic E-state index is 13.9. The molecule has 0 unspecified atom stereocenters. The van der Waals surface area contributed by atoms with E-state index in [0.29, 0.717) is 0 Å². The van der Waals surface area contributed by atoms with Crippen molar-refractivity contribution < 1.29 is 24.3 Å². The molecule has 1 aromatic rings. The monoisotopic (exact) mass is 530 g/mol. The zero-order valence-electron chi connectivity index (χ0n) is 24.5. The molecule has 0 heterocycles. The van der Waals surface area contributed by atoms with Crippen LogP contribution in [0.1, 0.15) is 61.0 Å². The molecule has 9 heteroatoms. The van der Waals surface area contributed by atoms with Gasteiger partial charge >= 0.3 is 5.97 Å². The van der Waals surface area contributed by atoms with Gasteiger partial charge in [0, 0.05) is 25.1 Å². The quantitative estimate of drug-likeness (QED) is 0.308. The summed E-state index contributed by atoms with van der Waals surface area (Å²) < 4.78 is 0. The number of carbonyl (C=O) groups excluding carboxylic acids is 3. The molecule has 38 heavy (non-hydrogen) atoms. The Hall–Kier alpha value is -3.20. The predicted octanol–water partition coefficient (Wildman–Crippen LogP) is 2.71. The summed E-state index contributed by atoms with van der Waals surface area (Å²) in [6.45, 7) is 14.7. The molecule has 1 aromatic carbocycles. The SMILES string of the molecule is CNC(=O)CN[C@H](C(=O)N[C@H](C(=O)N(C)[C@H](/C=C(\C)C(=O)O)C(C)C)C(C)(C)C)C(C)(C)c1ccccc1. The number of nitrogens with zero attached hydrogens (tertiary/aromatic N) is 1. The minimum absolute atomic E-state index is 0.0615. The first-order valence-electron chi connectivity index (χ1n) is 12.9. The van der Waals surface area contributed by atoms with Crippen LogP contribution < -0.4 is 16.0 Å². The van der Waals surface area contributed by atoms with E-state index in [9.17, 15) is 24.3 Å². The summed E-state index contributed by atoms with van der Waals surface area (Å²) in [7, 11) is 3.15. The van der Waals surface area contributed by atoms with Crippen molar-refractivity contribution in [3.8, 4) is 0 Å². The molecule has 0 aliphatic carbocycles. The van der Waals surface area contributed by atoms with Gasteiger partial charge in [0.05, 0.1) is 18.6 Å². The van der Waals surface area contributed by atoms with E-state index in [1.807, 2.05) is 78.8 Å². The van der Waals surface area contributed by atoms with E-state index in [1.165, 1.54) is 18.9 Å². The van der Waals surface area contributed by atoms with Crippen molar-refractivity contribution in [3.05, 3.63) is 47.5 Å². The Morgan fingerprint density at radius 3 is 2.00 bits per heavy atom. The fraction of sp³-hybridized carbons (Fsp3) is 0.586. The Morgan fingerprint density at radius 1 is 1.00 bits per heavy atom. The van der Waals surface area contributed by atoms with Gasteiger partial charge in [-0.3, -0.25) is 19.7 Å². The molecule has 212 valence electrons. The van der Waals surface area contributed by atoms with Crippen LogP contribution in [0.3, 0.4) is 0 Å². The number of carboxylic acids is 1. The molecule has 0 radical (unpaired) electrons. The molecular formula is C29H46N4O5. The smallest absolute Gasteiger partial charge is 0.331 e. The number of carbonyl (C=O) groups is 4. The van der Waals surface area contributed by atoms with E-state index in [0.717, 1.165) is 5.56 Å². The standard InChI is InChI=1S/C29H46N4O5/c1-18(2)21(16-19(3)27(37)38)33(10)26(36)24(28(4,5)6)32-25(35)23(31-17-22(34)30-9)29(7,8)20-14-12-11-13-15-20/h11-16,18,21,23-24,31H,17H2,1-10H3,(H,30,34)(H,32,35)(H,37,38)/b19-16+/t21-,23-,24-/m1/s1. The summed E-state index contributed by atoms with van der Waals surface area (Å²) in [6.07, 6.45) is 1.57. The molecule has 3 atom stereocenters. The maximum atomic E-state index is 13.9. The predicted molar refractivity (Wildman–Crippen MR) is 149 cm³/mol. The van der Waals surface area contributed by atoms with Crippen molar-refractivity contribution >= 4 is 23.7 Å². The van der Waals surface area contributed by atoms with Crippen LogP contribution in [0.5, 0.6) is 0 Å². The molecule has 0 aliphatic heterocycles. The van der Waals surface area contributed by atoms with Crippen molar-refractivity contribution in [2.24, 2.45) is 11.3 Å². The highest BCUT2D eigenvalue weighted by Gasteiger charge is 2.42. The highest BCUT2D eigenvalue weighted by atomic mass is 16.4. The molecular weight excluding hydrogens is 484 g/mol. The molecule has 0 aromatic heterocycles. The van der Waals surface area contributed by atoms with E-state index in [2.05, 4.69) is 16.0 Å². The van der Waals surface area contributed by atoms with Crippen molar-refractivity contribution in [2.45, 2.75) is 78.9 Å². The number of carboxylic acid groups (broad SMARTS) is 1. The maximum Gasteiger partial charge on any atom is 0.331 e. The van der Waals surface area contributed by atoms with Crippen LogP contribution in [0.4, 0.5) is 0 Å². The lowest BCUT2D eigenvalue weighted by Crippen LogP contribution is -2.62. The number of aliphatic carboxylic acids is 1.